The number of likely N-dealkylation sites (tertiary alicyclic amines) is 3. The molecule has 5 atom stereocenters. The minimum Gasteiger partial charge on any atom is -0.380 e. The summed E-state index contributed by atoms with van der Waals surface area (Å²) in [6, 6.07) is 14.4. The number of halogens is 9. The largest absolute Gasteiger partial charge is 0.417 e. The van der Waals surface area contributed by atoms with Crippen molar-refractivity contribution in [2.24, 2.45) is 5.92 Å². The van der Waals surface area contributed by atoms with Gasteiger partial charge in [-0.1, -0.05) is 50.1 Å². The fourth-order valence-electron chi connectivity index (χ4n) is 10.6. The lowest BCUT2D eigenvalue weighted by atomic mass is 9.76. The number of alkyl halides is 9. The summed E-state index contributed by atoms with van der Waals surface area (Å²) in [5.74, 6) is -3.65. The lowest BCUT2D eigenvalue weighted by Crippen LogP contribution is -2.58. The van der Waals surface area contributed by atoms with E-state index >= 15 is 13.2 Å². The van der Waals surface area contributed by atoms with Gasteiger partial charge in [-0.15, -0.1) is 0 Å². The molecule has 0 spiro atoms. The molecule has 0 aromatic heterocycles. The standard InChI is InChI=1S/C53H53F9N6O6S/c1-6-45(69)66-20-19-50(31-66,65-48(72)34-11-9-12-35(21-34)51(54,55)56)26-32-25-49(4,30-68(27-32)47(71)8-3)64-38-16-18-39(42(24-38)53(60,61)62)40-17-15-33(22-44(40)75(5,73)74)41-28-67(46(70)7-2)29-43(41)63-37-14-10-13-36(23-37)52(57,58)59/h6-18,21-24,32,41,43,63-64H,1-3,19-20,25-31H2,4-5H3,(H,65,72)/t32?,41-,43+,49?,50?/m0/s1. The third-order valence-corrected chi connectivity index (χ3v) is 15.0. The Balaban J connectivity index is 1.21. The summed E-state index contributed by atoms with van der Waals surface area (Å²) in [4.78, 5) is 56.4. The van der Waals surface area contributed by atoms with E-state index in [4.69, 9.17) is 0 Å². The SMILES string of the molecule is C=CC(=O)N1C[C@@H](Nc2cccc(C(F)(F)F)c2)[C@H](c2ccc(-c3ccc(NC4(C)CC(CC5(NC(=O)c6cccc(C(F)(F)F)c6)CCN(C(=O)C=C)C5)CN(C(=O)C=C)C4)cc3C(F)(F)F)c(S(C)(=O)=O)c2)C1. The van der Waals surface area contributed by atoms with E-state index in [1.165, 1.54) is 57.2 Å². The number of sulfone groups is 1. The topological polar surface area (TPSA) is 148 Å². The van der Waals surface area contributed by atoms with Gasteiger partial charge in [0.25, 0.3) is 5.91 Å². The number of rotatable bonds is 14. The number of piperidine rings is 1. The molecule has 12 nitrogen and oxygen atoms in total. The van der Waals surface area contributed by atoms with E-state index in [1.54, 1.807) is 6.92 Å². The van der Waals surface area contributed by atoms with Gasteiger partial charge in [-0.25, -0.2) is 8.42 Å². The third kappa shape index (κ3) is 12.7. The predicted molar refractivity (Wildman–Crippen MR) is 263 cm³/mol. The second-order valence-electron chi connectivity index (χ2n) is 19.6. The molecule has 7 rings (SSSR count). The lowest BCUT2D eigenvalue weighted by Gasteiger charge is -2.47. The fourth-order valence-corrected chi connectivity index (χ4v) is 11.6. The molecule has 3 fully saturated rings. The molecule has 4 aromatic rings. The molecule has 400 valence electrons. The summed E-state index contributed by atoms with van der Waals surface area (Å²) >= 11 is 0. The van der Waals surface area contributed by atoms with E-state index in [-0.39, 0.29) is 86.6 Å². The van der Waals surface area contributed by atoms with Crippen molar-refractivity contribution in [3.8, 4) is 11.1 Å². The van der Waals surface area contributed by atoms with Crippen molar-refractivity contribution in [1.29, 1.82) is 0 Å². The summed E-state index contributed by atoms with van der Waals surface area (Å²) < 4.78 is 155. The Hall–Kier alpha value is -7.10. The Morgan fingerprint density at radius 1 is 0.693 bits per heavy atom. The zero-order valence-electron chi connectivity index (χ0n) is 40.6. The maximum atomic E-state index is 15.3. The highest BCUT2D eigenvalue weighted by atomic mass is 32.2. The first-order valence-electron chi connectivity index (χ1n) is 23.5. The van der Waals surface area contributed by atoms with Crippen molar-refractivity contribution in [2.45, 2.75) is 72.6 Å². The van der Waals surface area contributed by atoms with Gasteiger partial charge in [-0.3, -0.25) is 19.2 Å². The van der Waals surface area contributed by atoms with Crippen LogP contribution in [-0.4, -0.2) is 109 Å². The number of carbonyl (C=O) groups is 4. The Morgan fingerprint density at radius 2 is 1.31 bits per heavy atom. The Morgan fingerprint density at radius 3 is 1.93 bits per heavy atom. The number of hydrogen-bond acceptors (Lipinski definition) is 8. The zero-order chi connectivity index (χ0) is 55.1. The second-order valence-corrected chi connectivity index (χ2v) is 21.6. The normalized spacial score (nSPS) is 22.3. The molecule has 4 aromatic carbocycles. The van der Waals surface area contributed by atoms with Gasteiger partial charge >= 0.3 is 18.5 Å². The number of nitrogens with zero attached hydrogens (tertiary/aromatic N) is 3. The summed E-state index contributed by atoms with van der Waals surface area (Å²) in [5.41, 5.74) is -6.54. The van der Waals surface area contributed by atoms with Gasteiger partial charge in [-0.05, 0) is 116 Å². The third-order valence-electron chi connectivity index (χ3n) is 13.8. The van der Waals surface area contributed by atoms with Crippen LogP contribution >= 0.6 is 0 Å². The average molecular weight is 1070 g/mol. The number of carbonyl (C=O) groups excluding carboxylic acids is 4. The molecule has 3 unspecified atom stereocenters. The summed E-state index contributed by atoms with van der Waals surface area (Å²) in [6.45, 7) is 12.3. The average Bonchev–Trinajstić information content (AvgIpc) is 3.96. The van der Waals surface area contributed by atoms with E-state index in [0.717, 1.165) is 60.9 Å². The number of nitrogens with one attached hydrogen (secondary N) is 3. The van der Waals surface area contributed by atoms with E-state index in [1.807, 2.05) is 0 Å². The minimum absolute atomic E-state index is 0.0380. The van der Waals surface area contributed by atoms with Crippen LogP contribution in [0.25, 0.3) is 11.1 Å². The maximum Gasteiger partial charge on any atom is 0.417 e. The quantitative estimate of drug-likeness (QED) is 0.0836. The van der Waals surface area contributed by atoms with Crippen molar-refractivity contribution in [3.05, 3.63) is 151 Å². The minimum atomic E-state index is -5.08. The molecule has 0 saturated carbocycles. The van der Waals surface area contributed by atoms with Crippen LogP contribution in [0.5, 0.6) is 0 Å². The molecule has 0 aliphatic carbocycles. The molecule has 3 aliphatic rings. The van der Waals surface area contributed by atoms with Gasteiger partial charge in [-0.2, -0.15) is 39.5 Å². The maximum absolute atomic E-state index is 15.3. The summed E-state index contributed by atoms with van der Waals surface area (Å²) in [7, 11) is -4.32. The van der Waals surface area contributed by atoms with E-state index in [0.29, 0.717) is 6.07 Å². The van der Waals surface area contributed by atoms with E-state index in [2.05, 4.69) is 35.7 Å². The highest BCUT2D eigenvalue weighted by Gasteiger charge is 2.47. The van der Waals surface area contributed by atoms with Crippen molar-refractivity contribution in [2.75, 3.05) is 56.2 Å². The second kappa shape index (κ2) is 20.9. The Labute approximate surface area is 427 Å². The first-order valence-corrected chi connectivity index (χ1v) is 25.4. The molecule has 4 amide bonds. The predicted octanol–water partition coefficient (Wildman–Crippen LogP) is 9.59. The fraction of sp³-hybridized carbons (Fsp3) is 0.358. The molecule has 22 heteroatoms. The molecular weight excluding hydrogens is 1020 g/mol. The van der Waals surface area contributed by atoms with Crippen molar-refractivity contribution < 1.29 is 67.1 Å². The van der Waals surface area contributed by atoms with Crippen molar-refractivity contribution >= 4 is 44.8 Å². The number of anilines is 2. The molecule has 3 N–H and O–H groups in total. The van der Waals surface area contributed by atoms with E-state index < -0.39 is 108 Å². The van der Waals surface area contributed by atoms with Crippen LogP contribution < -0.4 is 16.0 Å². The summed E-state index contributed by atoms with van der Waals surface area (Å²) in [6.07, 6.45) is -10.1. The van der Waals surface area contributed by atoms with Crippen molar-refractivity contribution in [1.82, 2.24) is 20.0 Å². The van der Waals surface area contributed by atoms with Crippen molar-refractivity contribution in [3.63, 3.8) is 0 Å². The highest BCUT2D eigenvalue weighted by molar-refractivity contribution is 7.90. The van der Waals surface area contributed by atoms with Gasteiger partial charge < -0.3 is 30.7 Å². The van der Waals surface area contributed by atoms with Crippen LogP contribution in [-0.2, 0) is 42.7 Å². The smallest absolute Gasteiger partial charge is 0.380 e. The first kappa shape index (κ1) is 55.6. The molecule has 3 aliphatic heterocycles. The van der Waals surface area contributed by atoms with Gasteiger partial charge in [0.15, 0.2) is 9.84 Å². The number of amides is 4. The van der Waals surface area contributed by atoms with Crippen LogP contribution in [0.4, 0.5) is 50.9 Å². The monoisotopic (exact) mass is 1070 g/mol. The highest BCUT2D eigenvalue weighted by Crippen LogP contribution is 2.44. The van der Waals surface area contributed by atoms with Crippen LogP contribution in [0, 0.1) is 5.92 Å². The lowest BCUT2D eigenvalue weighted by molar-refractivity contribution is -0.138. The molecule has 3 heterocycles. The summed E-state index contributed by atoms with van der Waals surface area (Å²) in [5, 5.41) is 9.07. The van der Waals surface area contributed by atoms with E-state index in [9.17, 15) is 53.9 Å². The van der Waals surface area contributed by atoms with Gasteiger partial charge in [0, 0.05) is 73.9 Å². The van der Waals surface area contributed by atoms with Gasteiger partial charge in [0.1, 0.15) is 0 Å². The molecule has 75 heavy (non-hydrogen) atoms. The molecule has 3 saturated heterocycles. The Kier molecular flexibility index (Phi) is 15.5. The van der Waals surface area contributed by atoms with Crippen LogP contribution in [0.3, 0.4) is 0 Å². The van der Waals surface area contributed by atoms with Gasteiger partial charge in [0.05, 0.1) is 38.7 Å². The van der Waals surface area contributed by atoms with Gasteiger partial charge in [0.2, 0.25) is 17.7 Å². The molecule has 0 radical (unpaired) electrons. The molecule has 0 bridgehead atoms. The number of hydrogen-bond donors (Lipinski definition) is 3. The number of benzene rings is 4. The van der Waals surface area contributed by atoms with Crippen LogP contribution in [0.2, 0.25) is 0 Å². The first-order chi connectivity index (χ1) is 34.9. The zero-order valence-corrected chi connectivity index (χ0v) is 41.4. The van der Waals surface area contributed by atoms with Crippen LogP contribution in [0.15, 0.2) is 128 Å². The molecular formula is C53H53F9N6O6S. The Bertz CT molecular complexity index is 3040. The van der Waals surface area contributed by atoms with Crippen LogP contribution in [0.1, 0.15) is 64.7 Å².